The van der Waals surface area contributed by atoms with E-state index >= 15 is 0 Å². The van der Waals surface area contributed by atoms with Crippen LogP contribution >= 0.6 is 0 Å². The summed E-state index contributed by atoms with van der Waals surface area (Å²) in [6.07, 6.45) is 14.9. The van der Waals surface area contributed by atoms with Crippen LogP contribution in [-0.4, -0.2) is 5.11 Å². The molecule has 1 nitrogen and oxygen atoms in total. The molecule has 1 unspecified atom stereocenters. The van der Waals surface area contributed by atoms with Gasteiger partial charge in [0.2, 0.25) is 0 Å². The molecule has 1 N–H and O–H groups in total. The maximum Gasteiger partial charge on any atom is 0.119 e. The van der Waals surface area contributed by atoms with Crippen LogP contribution in [0.2, 0.25) is 0 Å². The maximum atomic E-state index is 10.5. The Morgan fingerprint density at radius 3 is 2.29 bits per heavy atom. The molecule has 0 amide bonds. The fourth-order valence-electron chi connectivity index (χ4n) is 3.43. The van der Waals surface area contributed by atoms with E-state index < -0.39 is 0 Å². The molecule has 1 aliphatic rings. The van der Waals surface area contributed by atoms with E-state index in [4.69, 9.17) is 0 Å². The van der Waals surface area contributed by atoms with Crippen molar-refractivity contribution in [1.82, 2.24) is 0 Å². The van der Waals surface area contributed by atoms with Gasteiger partial charge in [0.1, 0.15) is 5.75 Å². The molecule has 0 saturated carbocycles. The Bertz CT molecular complexity index is 661. The number of phenolic OH excluding ortho intramolecular Hbond substituents is 1. The first-order valence-corrected chi connectivity index (χ1v) is 8.96. The van der Waals surface area contributed by atoms with Gasteiger partial charge in [-0.3, -0.25) is 0 Å². The molecule has 1 heteroatoms. The van der Waals surface area contributed by atoms with Gasteiger partial charge in [-0.1, -0.05) is 84.1 Å². The highest BCUT2D eigenvalue weighted by molar-refractivity contribution is 5.51. The lowest BCUT2D eigenvalue weighted by atomic mass is 9.72. The van der Waals surface area contributed by atoms with Crippen LogP contribution in [0.5, 0.6) is 5.75 Å². The maximum absolute atomic E-state index is 10.5. The summed E-state index contributed by atoms with van der Waals surface area (Å²) in [5.74, 6) is 0.887. The fraction of sp³-hybridized carbons (Fsp3) is 0.478. The molecule has 0 fully saturated rings. The SMILES string of the molecule is CC(C)(C)c1ccc(O)c(CC=CC2C=CC=CC2)c1C(C)(C)C. The summed E-state index contributed by atoms with van der Waals surface area (Å²) in [6.45, 7) is 13.4. The first-order chi connectivity index (χ1) is 11.1. The standard InChI is InChI=1S/C23H32O/c1-22(2,3)19-15-16-20(24)18(21(19)23(4,5)6)14-10-13-17-11-8-7-9-12-17/h7-11,13,15-17,24H,12,14H2,1-6H3. The van der Waals surface area contributed by atoms with Crippen molar-refractivity contribution in [2.24, 2.45) is 5.92 Å². The zero-order chi connectivity index (χ0) is 18.0. The quantitative estimate of drug-likeness (QED) is 0.654. The molecule has 0 saturated heterocycles. The summed E-state index contributed by atoms with van der Waals surface area (Å²) < 4.78 is 0. The van der Waals surface area contributed by atoms with Gasteiger partial charge in [0, 0.05) is 5.56 Å². The van der Waals surface area contributed by atoms with E-state index in [-0.39, 0.29) is 10.8 Å². The minimum absolute atomic E-state index is 0.00198. The topological polar surface area (TPSA) is 20.2 Å². The number of rotatable bonds is 3. The van der Waals surface area contributed by atoms with Crippen molar-refractivity contribution in [3.05, 3.63) is 65.3 Å². The minimum Gasteiger partial charge on any atom is -0.508 e. The summed E-state index contributed by atoms with van der Waals surface area (Å²) in [7, 11) is 0. The molecular weight excluding hydrogens is 292 g/mol. The van der Waals surface area contributed by atoms with E-state index in [2.05, 4.69) is 84.1 Å². The second-order valence-electron chi connectivity index (χ2n) is 8.83. The summed E-state index contributed by atoms with van der Waals surface area (Å²) in [5.41, 5.74) is 3.75. The van der Waals surface area contributed by atoms with Crippen molar-refractivity contribution in [2.45, 2.75) is 65.2 Å². The Morgan fingerprint density at radius 2 is 1.75 bits per heavy atom. The number of aromatic hydroxyl groups is 1. The molecule has 0 radical (unpaired) electrons. The molecule has 0 aliphatic heterocycles. The highest BCUT2D eigenvalue weighted by Gasteiger charge is 2.28. The molecule has 130 valence electrons. The second-order valence-corrected chi connectivity index (χ2v) is 8.83. The highest BCUT2D eigenvalue weighted by Crippen LogP contribution is 2.40. The predicted octanol–water partition coefficient (Wildman–Crippen LogP) is 6.22. The molecule has 0 aromatic heterocycles. The number of hydrogen-bond donors (Lipinski definition) is 1. The van der Waals surface area contributed by atoms with Gasteiger partial charge < -0.3 is 5.11 Å². The Balaban J connectivity index is 2.39. The van der Waals surface area contributed by atoms with E-state index in [1.165, 1.54) is 11.1 Å². The largest absolute Gasteiger partial charge is 0.508 e. The van der Waals surface area contributed by atoms with Gasteiger partial charge >= 0.3 is 0 Å². The van der Waals surface area contributed by atoms with E-state index in [0.717, 1.165) is 18.4 Å². The van der Waals surface area contributed by atoms with Gasteiger partial charge in [0.25, 0.3) is 0 Å². The van der Waals surface area contributed by atoms with Gasteiger partial charge in [0.05, 0.1) is 0 Å². The molecule has 1 aliphatic carbocycles. The summed E-state index contributed by atoms with van der Waals surface area (Å²) >= 11 is 0. The normalized spacial score (nSPS) is 18.5. The number of benzene rings is 1. The average Bonchev–Trinajstić information content (AvgIpc) is 2.47. The first kappa shape index (κ1) is 18.6. The van der Waals surface area contributed by atoms with Crippen molar-refractivity contribution in [3.8, 4) is 5.75 Å². The van der Waals surface area contributed by atoms with Gasteiger partial charge in [-0.05, 0) is 46.8 Å². The van der Waals surface area contributed by atoms with Crippen molar-refractivity contribution in [1.29, 1.82) is 0 Å². The smallest absolute Gasteiger partial charge is 0.119 e. The zero-order valence-electron chi connectivity index (χ0n) is 16.1. The second kappa shape index (κ2) is 7.01. The molecule has 1 aromatic carbocycles. The summed E-state index contributed by atoms with van der Waals surface area (Å²) in [5, 5.41) is 10.5. The third-order valence-electron chi connectivity index (χ3n) is 4.57. The van der Waals surface area contributed by atoms with Crippen LogP contribution in [-0.2, 0) is 17.3 Å². The minimum atomic E-state index is -0.00198. The Labute approximate surface area is 147 Å². The molecule has 24 heavy (non-hydrogen) atoms. The Hall–Kier alpha value is -1.76. The lowest BCUT2D eigenvalue weighted by molar-refractivity contribution is 0.458. The van der Waals surface area contributed by atoms with E-state index in [9.17, 15) is 5.11 Å². The zero-order valence-corrected chi connectivity index (χ0v) is 16.1. The van der Waals surface area contributed by atoms with Gasteiger partial charge in [0.15, 0.2) is 0 Å². The Kier molecular flexibility index (Phi) is 5.42. The Morgan fingerprint density at radius 1 is 1.04 bits per heavy atom. The lowest BCUT2D eigenvalue weighted by Gasteiger charge is -2.32. The highest BCUT2D eigenvalue weighted by atomic mass is 16.3. The van der Waals surface area contributed by atoms with Crippen molar-refractivity contribution >= 4 is 0 Å². The van der Waals surface area contributed by atoms with Gasteiger partial charge in [-0.15, -0.1) is 0 Å². The molecule has 0 bridgehead atoms. The van der Waals surface area contributed by atoms with Crippen LogP contribution in [0.1, 0.15) is 64.7 Å². The third-order valence-corrected chi connectivity index (χ3v) is 4.57. The van der Waals surface area contributed by atoms with E-state index in [0.29, 0.717) is 11.7 Å². The van der Waals surface area contributed by atoms with Crippen molar-refractivity contribution in [2.75, 3.05) is 0 Å². The lowest BCUT2D eigenvalue weighted by Crippen LogP contribution is -2.24. The van der Waals surface area contributed by atoms with Crippen LogP contribution in [0.4, 0.5) is 0 Å². The van der Waals surface area contributed by atoms with Gasteiger partial charge in [-0.25, -0.2) is 0 Å². The van der Waals surface area contributed by atoms with Crippen LogP contribution in [0.25, 0.3) is 0 Å². The molecule has 1 aromatic rings. The van der Waals surface area contributed by atoms with Crippen LogP contribution in [0.3, 0.4) is 0 Å². The fourth-order valence-corrected chi connectivity index (χ4v) is 3.43. The van der Waals surface area contributed by atoms with Crippen LogP contribution in [0, 0.1) is 5.92 Å². The summed E-state index contributed by atoms with van der Waals surface area (Å²) in [4.78, 5) is 0. The van der Waals surface area contributed by atoms with Crippen molar-refractivity contribution in [3.63, 3.8) is 0 Å². The van der Waals surface area contributed by atoms with Crippen LogP contribution in [0.15, 0.2) is 48.6 Å². The number of phenols is 1. The van der Waals surface area contributed by atoms with Crippen molar-refractivity contribution < 1.29 is 5.11 Å². The molecule has 0 heterocycles. The van der Waals surface area contributed by atoms with Crippen LogP contribution < -0.4 is 0 Å². The molecular formula is C23H32O. The first-order valence-electron chi connectivity index (χ1n) is 8.96. The van der Waals surface area contributed by atoms with Gasteiger partial charge in [-0.2, -0.15) is 0 Å². The number of allylic oxidation sites excluding steroid dienone is 6. The van der Waals surface area contributed by atoms with E-state index in [1.807, 2.05) is 6.07 Å². The average molecular weight is 325 g/mol. The molecule has 0 spiro atoms. The predicted molar refractivity (Wildman–Crippen MR) is 105 cm³/mol. The monoisotopic (exact) mass is 324 g/mol. The molecule has 1 atom stereocenters. The molecule has 2 rings (SSSR count). The van der Waals surface area contributed by atoms with E-state index in [1.54, 1.807) is 0 Å². The number of hydrogen-bond acceptors (Lipinski definition) is 1. The third kappa shape index (κ3) is 4.41. The summed E-state index contributed by atoms with van der Waals surface area (Å²) in [6, 6.07) is 3.96.